The molecule has 0 heterocycles. The first kappa shape index (κ1) is 18.8. The molecule has 0 aromatic rings. The van der Waals surface area contributed by atoms with E-state index in [1.165, 1.54) is 45.4 Å². The second kappa shape index (κ2) is 10.6. The Morgan fingerprint density at radius 2 is 1.53 bits per heavy atom. The first-order valence-corrected chi connectivity index (χ1v) is 6.73. The van der Waals surface area contributed by atoms with Gasteiger partial charge in [-0.25, -0.2) is 0 Å². The van der Waals surface area contributed by atoms with E-state index in [4.69, 9.17) is 4.74 Å². The van der Waals surface area contributed by atoms with E-state index in [0.717, 1.165) is 6.42 Å². The van der Waals surface area contributed by atoms with Crippen molar-refractivity contribution < 1.29 is 9.53 Å². The Morgan fingerprint density at radius 3 is 1.94 bits per heavy atom. The summed E-state index contributed by atoms with van der Waals surface area (Å²) in [6.07, 6.45) is 8.60. The first-order chi connectivity index (χ1) is 7.60. The van der Waals surface area contributed by atoms with Crippen LogP contribution in [-0.4, -0.2) is 12.6 Å². The monoisotopic (exact) mass is 245 g/mol. The van der Waals surface area contributed by atoms with E-state index >= 15 is 0 Å². The Labute approximate surface area is 107 Å². The average molecular weight is 245 g/mol. The molecule has 0 saturated carbocycles. The third-order valence-corrected chi connectivity index (χ3v) is 3.91. The quantitative estimate of drug-likeness (QED) is 0.481. The molecule has 17 heavy (non-hydrogen) atoms. The van der Waals surface area contributed by atoms with Gasteiger partial charge in [-0.15, -0.1) is 0 Å². The highest BCUT2D eigenvalue weighted by Gasteiger charge is 2.22. The zero-order chi connectivity index (χ0) is 12.4. The summed E-state index contributed by atoms with van der Waals surface area (Å²) in [7, 11) is 0. The summed E-state index contributed by atoms with van der Waals surface area (Å²) in [4.78, 5) is 10.6. The smallest absolute Gasteiger partial charge is 0.302 e. The summed E-state index contributed by atoms with van der Waals surface area (Å²) in [6.45, 7) is 8.95. The van der Waals surface area contributed by atoms with Crippen molar-refractivity contribution >= 4 is 5.97 Å². The Balaban J connectivity index is 0. The number of carbonyl (C=O) groups excluding carboxylic acids is 1. The van der Waals surface area contributed by atoms with Gasteiger partial charge >= 0.3 is 5.97 Å². The van der Waals surface area contributed by atoms with Gasteiger partial charge < -0.3 is 10.9 Å². The molecule has 3 heteroatoms. The summed E-state index contributed by atoms with van der Waals surface area (Å²) < 4.78 is 4.91. The van der Waals surface area contributed by atoms with Crippen molar-refractivity contribution in [3.63, 3.8) is 0 Å². The highest BCUT2D eigenvalue weighted by Crippen LogP contribution is 2.35. The van der Waals surface area contributed by atoms with E-state index in [9.17, 15) is 4.79 Å². The molecule has 0 unspecified atom stereocenters. The first-order valence-electron chi connectivity index (χ1n) is 6.73. The van der Waals surface area contributed by atoms with Gasteiger partial charge in [0.05, 0.1) is 6.61 Å². The largest absolute Gasteiger partial charge is 0.466 e. The van der Waals surface area contributed by atoms with Gasteiger partial charge in [-0.1, -0.05) is 52.9 Å². The fraction of sp³-hybridized carbons (Fsp3) is 0.929. The minimum atomic E-state index is -0.162. The molecule has 0 amide bonds. The van der Waals surface area contributed by atoms with E-state index in [1.807, 2.05) is 0 Å². The molecule has 0 radical (unpaired) electrons. The second-order valence-corrected chi connectivity index (χ2v) is 4.71. The lowest BCUT2D eigenvalue weighted by Crippen LogP contribution is -2.17. The Morgan fingerprint density at radius 1 is 1.00 bits per heavy atom. The van der Waals surface area contributed by atoms with Gasteiger partial charge in [0.15, 0.2) is 0 Å². The van der Waals surface area contributed by atoms with Gasteiger partial charge in [0.2, 0.25) is 0 Å². The van der Waals surface area contributed by atoms with Crippen LogP contribution in [0, 0.1) is 5.41 Å². The van der Waals surface area contributed by atoms with E-state index in [-0.39, 0.29) is 12.1 Å². The highest BCUT2D eigenvalue weighted by atomic mass is 16.5. The van der Waals surface area contributed by atoms with Gasteiger partial charge in [-0.2, -0.15) is 0 Å². The molecule has 0 aliphatic heterocycles. The predicted molar refractivity (Wildman–Crippen MR) is 73.4 cm³/mol. The highest BCUT2D eigenvalue weighted by molar-refractivity contribution is 5.65. The molecule has 0 aliphatic rings. The van der Waals surface area contributed by atoms with Crippen LogP contribution in [0.3, 0.4) is 0 Å². The molecule has 0 aromatic heterocycles. The molecule has 3 N–H and O–H groups in total. The Kier molecular flexibility index (Phi) is 11.7. The van der Waals surface area contributed by atoms with Crippen molar-refractivity contribution in [2.24, 2.45) is 5.41 Å². The van der Waals surface area contributed by atoms with Crippen LogP contribution in [0.2, 0.25) is 0 Å². The van der Waals surface area contributed by atoms with Crippen molar-refractivity contribution in [2.75, 3.05) is 6.61 Å². The van der Waals surface area contributed by atoms with Crippen LogP contribution in [0.4, 0.5) is 0 Å². The minimum absolute atomic E-state index is 0. The number of carbonyl (C=O) groups is 1. The SMILES string of the molecule is CCC(CC)(CC)CCCCCOC(C)=O.N. The molecule has 104 valence electrons. The molecule has 3 nitrogen and oxygen atoms in total. The maximum absolute atomic E-state index is 10.6. The van der Waals surface area contributed by atoms with Gasteiger partial charge in [-0.05, 0) is 18.3 Å². The van der Waals surface area contributed by atoms with Crippen LogP contribution >= 0.6 is 0 Å². The van der Waals surface area contributed by atoms with Crippen LogP contribution in [0.25, 0.3) is 0 Å². The second-order valence-electron chi connectivity index (χ2n) is 4.71. The van der Waals surface area contributed by atoms with E-state index in [1.54, 1.807) is 0 Å². The lowest BCUT2D eigenvalue weighted by Gasteiger charge is -2.30. The molecule has 0 bridgehead atoms. The lowest BCUT2D eigenvalue weighted by molar-refractivity contribution is -0.141. The maximum atomic E-state index is 10.6. The average Bonchev–Trinajstić information content (AvgIpc) is 2.29. The van der Waals surface area contributed by atoms with Crippen LogP contribution in [0.1, 0.15) is 72.6 Å². The normalized spacial score (nSPS) is 10.8. The van der Waals surface area contributed by atoms with Gasteiger partial charge in [0.1, 0.15) is 0 Å². The maximum Gasteiger partial charge on any atom is 0.302 e. The number of ether oxygens (including phenoxy) is 1. The van der Waals surface area contributed by atoms with Gasteiger partial charge in [0.25, 0.3) is 0 Å². The summed E-state index contributed by atoms with van der Waals surface area (Å²) in [5.41, 5.74) is 0.557. The van der Waals surface area contributed by atoms with Gasteiger partial charge in [-0.3, -0.25) is 4.79 Å². The molecular formula is C14H31NO2. The molecule has 0 aromatic carbocycles. The van der Waals surface area contributed by atoms with E-state index in [2.05, 4.69) is 20.8 Å². The van der Waals surface area contributed by atoms with Crippen LogP contribution in [0.5, 0.6) is 0 Å². The third-order valence-electron chi connectivity index (χ3n) is 3.91. The Hall–Kier alpha value is -0.570. The fourth-order valence-electron chi connectivity index (χ4n) is 2.28. The Bertz CT molecular complexity index is 180. The summed E-state index contributed by atoms with van der Waals surface area (Å²) >= 11 is 0. The van der Waals surface area contributed by atoms with E-state index < -0.39 is 0 Å². The van der Waals surface area contributed by atoms with Gasteiger partial charge in [0, 0.05) is 6.92 Å². The van der Waals surface area contributed by atoms with E-state index in [0.29, 0.717) is 12.0 Å². The summed E-state index contributed by atoms with van der Waals surface area (Å²) in [5, 5.41) is 0. The summed E-state index contributed by atoms with van der Waals surface area (Å²) in [6, 6.07) is 0. The van der Waals surface area contributed by atoms with Crippen molar-refractivity contribution in [2.45, 2.75) is 72.6 Å². The molecule has 0 fully saturated rings. The zero-order valence-corrected chi connectivity index (χ0v) is 12.2. The van der Waals surface area contributed by atoms with Crippen molar-refractivity contribution in [1.82, 2.24) is 6.15 Å². The molecule has 0 spiro atoms. The standard InChI is InChI=1S/C14H28O2.H3N/c1-5-14(6-2,7-3)11-9-8-10-12-16-13(4)15;/h5-12H2,1-4H3;1H3. The number of rotatable bonds is 9. The topological polar surface area (TPSA) is 61.3 Å². The van der Waals surface area contributed by atoms with Crippen LogP contribution in [0.15, 0.2) is 0 Å². The number of esters is 1. The summed E-state index contributed by atoms with van der Waals surface area (Å²) in [5.74, 6) is -0.162. The number of hydrogen-bond donors (Lipinski definition) is 1. The van der Waals surface area contributed by atoms with Crippen molar-refractivity contribution in [3.8, 4) is 0 Å². The van der Waals surface area contributed by atoms with Crippen molar-refractivity contribution in [3.05, 3.63) is 0 Å². The molecule has 0 aliphatic carbocycles. The number of unbranched alkanes of at least 4 members (excludes halogenated alkanes) is 2. The molecule has 0 atom stereocenters. The molecule has 0 rings (SSSR count). The van der Waals surface area contributed by atoms with Crippen LogP contribution in [-0.2, 0) is 9.53 Å². The van der Waals surface area contributed by atoms with Crippen LogP contribution < -0.4 is 6.15 Å². The van der Waals surface area contributed by atoms with Crippen molar-refractivity contribution in [1.29, 1.82) is 0 Å². The fourth-order valence-corrected chi connectivity index (χ4v) is 2.28. The molecular weight excluding hydrogens is 214 g/mol. The third kappa shape index (κ3) is 8.19. The lowest BCUT2D eigenvalue weighted by atomic mass is 9.76. The predicted octanol–water partition coefficient (Wildman–Crippen LogP) is 4.49. The minimum Gasteiger partial charge on any atom is -0.466 e. The molecule has 0 saturated heterocycles. The number of hydrogen-bond acceptors (Lipinski definition) is 3. The zero-order valence-electron chi connectivity index (χ0n) is 12.2.